The number of hydrogen-bond donors (Lipinski definition) is 0. The predicted octanol–water partition coefficient (Wildman–Crippen LogP) is 9.67. The molecule has 0 aliphatic carbocycles. The summed E-state index contributed by atoms with van der Waals surface area (Å²) >= 11 is 0. The molecule has 0 radical (unpaired) electrons. The molecule has 0 fully saturated rings. The van der Waals surface area contributed by atoms with Crippen molar-refractivity contribution < 1.29 is 4.42 Å². The summed E-state index contributed by atoms with van der Waals surface area (Å²) < 4.78 is 8.32. The summed E-state index contributed by atoms with van der Waals surface area (Å²) in [6.07, 6.45) is 0. The fraction of sp³-hybridized carbons (Fsp3) is 0. The Bertz CT molecular complexity index is 2410. The fourth-order valence-electron chi connectivity index (χ4n) is 6.18. The Morgan fingerprint density at radius 1 is 0.545 bits per heavy atom. The lowest BCUT2D eigenvalue weighted by Gasteiger charge is -2.18. The minimum Gasteiger partial charge on any atom is -0.456 e. The Kier molecular flexibility index (Phi) is 5.83. The summed E-state index contributed by atoms with van der Waals surface area (Å²) in [6.45, 7) is 0. The van der Waals surface area contributed by atoms with Crippen LogP contribution in [0.5, 0.6) is 0 Å². The van der Waals surface area contributed by atoms with Gasteiger partial charge in [-0.1, -0.05) is 84.9 Å². The SMILES string of the molecule is N#Cc1ccccc1-c1cccc(-c2ccccc2C#N)c1-c1nc2ccccc2n1-c1ccc2oc3ccccc3c2c1. The van der Waals surface area contributed by atoms with Crippen molar-refractivity contribution in [3.8, 4) is 51.5 Å². The van der Waals surface area contributed by atoms with Crippen LogP contribution in [0.4, 0.5) is 0 Å². The van der Waals surface area contributed by atoms with Crippen molar-refractivity contribution in [2.24, 2.45) is 0 Å². The van der Waals surface area contributed by atoms with Crippen LogP contribution in [0.1, 0.15) is 11.1 Å². The van der Waals surface area contributed by atoms with Gasteiger partial charge < -0.3 is 4.42 Å². The number of imidazole rings is 1. The van der Waals surface area contributed by atoms with Crippen molar-refractivity contribution in [3.63, 3.8) is 0 Å². The second-order valence-electron chi connectivity index (χ2n) is 10.6. The maximum absolute atomic E-state index is 10.1. The quantitative estimate of drug-likeness (QED) is 0.214. The molecule has 204 valence electrons. The molecule has 0 saturated heterocycles. The molecule has 44 heavy (non-hydrogen) atoms. The Morgan fingerprint density at radius 2 is 1.14 bits per heavy atom. The van der Waals surface area contributed by atoms with Crippen LogP contribution in [-0.2, 0) is 0 Å². The molecule has 0 atom stereocenters. The number of hydrogen-bond acceptors (Lipinski definition) is 4. The second kappa shape index (κ2) is 10.1. The van der Waals surface area contributed by atoms with Gasteiger partial charge in [0.1, 0.15) is 17.0 Å². The summed E-state index contributed by atoms with van der Waals surface area (Å²) in [6, 6.07) is 48.3. The summed E-state index contributed by atoms with van der Waals surface area (Å²) in [5.74, 6) is 0.712. The highest BCUT2D eigenvalue weighted by Crippen LogP contribution is 2.44. The van der Waals surface area contributed by atoms with Gasteiger partial charge in [-0.05, 0) is 59.7 Å². The zero-order valence-electron chi connectivity index (χ0n) is 23.4. The Balaban J connectivity index is 1.51. The zero-order chi connectivity index (χ0) is 29.6. The Morgan fingerprint density at radius 3 is 1.86 bits per heavy atom. The van der Waals surface area contributed by atoms with E-state index in [1.165, 1.54) is 0 Å². The van der Waals surface area contributed by atoms with Crippen molar-refractivity contribution in [1.29, 1.82) is 10.5 Å². The summed E-state index contributed by atoms with van der Waals surface area (Å²) in [7, 11) is 0. The second-order valence-corrected chi connectivity index (χ2v) is 10.6. The normalized spacial score (nSPS) is 11.1. The van der Waals surface area contributed by atoms with E-state index in [1.807, 2.05) is 109 Å². The maximum atomic E-state index is 10.1. The van der Waals surface area contributed by atoms with Gasteiger partial charge in [-0.15, -0.1) is 0 Å². The van der Waals surface area contributed by atoms with E-state index in [9.17, 15) is 10.5 Å². The van der Waals surface area contributed by atoms with Gasteiger partial charge in [0, 0.05) is 33.2 Å². The lowest BCUT2D eigenvalue weighted by atomic mass is 9.88. The summed E-state index contributed by atoms with van der Waals surface area (Å²) in [5.41, 5.74) is 9.64. The van der Waals surface area contributed by atoms with E-state index in [0.29, 0.717) is 17.0 Å². The van der Waals surface area contributed by atoms with E-state index in [4.69, 9.17) is 9.40 Å². The molecule has 5 nitrogen and oxygen atoms in total. The highest BCUT2D eigenvalue weighted by atomic mass is 16.3. The van der Waals surface area contributed by atoms with Gasteiger partial charge in [-0.25, -0.2) is 4.98 Å². The third-order valence-corrected chi connectivity index (χ3v) is 8.14. The van der Waals surface area contributed by atoms with Gasteiger partial charge >= 0.3 is 0 Å². The molecule has 2 heterocycles. The summed E-state index contributed by atoms with van der Waals surface area (Å²) in [4.78, 5) is 5.25. The smallest absolute Gasteiger partial charge is 0.146 e. The van der Waals surface area contributed by atoms with Gasteiger partial charge in [-0.3, -0.25) is 4.57 Å². The van der Waals surface area contributed by atoms with Gasteiger partial charge in [-0.2, -0.15) is 10.5 Å². The van der Waals surface area contributed by atoms with Crippen LogP contribution < -0.4 is 0 Å². The topological polar surface area (TPSA) is 78.5 Å². The molecular formula is C39H22N4O. The van der Waals surface area contributed by atoms with Crippen molar-refractivity contribution in [2.45, 2.75) is 0 Å². The number of nitrogens with zero attached hydrogens (tertiary/aromatic N) is 4. The standard InChI is InChI=1S/C39H22N4O/c40-23-25-10-1-3-12-28(25)31-15-9-16-32(29-13-4-2-11-26(29)24-41)38(31)39-42-34-17-6-7-18-35(34)43(39)27-20-21-37-33(22-27)30-14-5-8-19-36(30)44-37/h1-22H. The molecule has 0 unspecified atom stereocenters. The first-order valence-corrected chi connectivity index (χ1v) is 14.3. The number of para-hydroxylation sites is 3. The van der Waals surface area contributed by atoms with Gasteiger partial charge in [0.05, 0.1) is 34.3 Å². The molecule has 6 aromatic carbocycles. The van der Waals surface area contributed by atoms with Crippen molar-refractivity contribution in [2.75, 3.05) is 0 Å². The molecule has 0 aliphatic heterocycles. The number of rotatable bonds is 4. The average molecular weight is 563 g/mol. The number of aromatic nitrogens is 2. The highest BCUT2D eigenvalue weighted by molar-refractivity contribution is 6.06. The van der Waals surface area contributed by atoms with Crippen LogP contribution >= 0.6 is 0 Å². The monoisotopic (exact) mass is 562 g/mol. The number of nitriles is 2. The van der Waals surface area contributed by atoms with Gasteiger partial charge in [0.2, 0.25) is 0 Å². The minimum atomic E-state index is 0.563. The average Bonchev–Trinajstić information content (AvgIpc) is 3.66. The lowest BCUT2D eigenvalue weighted by molar-refractivity contribution is 0.669. The van der Waals surface area contributed by atoms with Crippen LogP contribution in [0, 0.1) is 22.7 Å². The third kappa shape index (κ3) is 3.89. The van der Waals surface area contributed by atoms with Crippen LogP contribution in [-0.4, -0.2) is 9.55 Å². The van der Waals surface area contributed by atoms with Crippen LogP contribution in [0.15, 0.2) is 138 Å². The first kappa shape index (κ1) is 25.3. The molecule has 0 amide bonds. The van der Waals surface area contributed by atoms with Crippen LogP contribution in [0.3, 0.4) is 0 Å². The molecule has 2 aromatic heterocycles. The van der Waals surface area contributed by atoms with E-state index >= 15 is 0 Å². The van der Waals surface area contributed by atoms with Crippen LogP contribution in [0.25, 0.3) is 72.3 Å². The molecule has 0 bridgehead atoms. The first-order chi connectivity index (χ1) is 21.7. The maximum Gasteiger partial charge on any atom is 0.146 e. The van der Waals surface area contributed by atoms with E-state index in [-0.39, 0.29) is 0 Å². The fourth-order valence-corrected chi connectivity index (χ4v) is 6.18. The van der Waals surface area contributed by atoms with E-state index < -0.39 is 0 Å². The van der Waals surface area contributed by atoms with Crippen molar-refractivity contribution >= 4 is 33.0 Å². The van der Waals surface area contributed by atoms with Gasteiger partial charge in [0.25, 0.3) is 0 Å². The minimum absolute atomic E-state index is 0.563. The molecule has 5 heteroatoms. The van der Waals surface area contributed by atoms with Gasteiger partial charge in [0.15, 0.2) is 0 Å². The van der Waals surface area contributed by atoms with Crippen LogP contribution in [0.2, 0.25) is 0 Å². The molecular weight excluding hydrogens is 540 g/mol. The molecule has 0 saturated carbocycles. The molecule has 8 aromatic rings. The molecule has 0 N–H and O–H groups in total. The molecule has 8 rings (SSSR count). The summed E-state index contributed by atoms with van der Waals surface area (Å²) in [5, 5.41) is 22.3. The van der Waals surface area contributed by atoms with Crippen molar-refractivity contribution in [3.05, 3.63) is 145 Å². The van der Waals surface area contributed by atoms with E-state index in [1.54, 1.807) is 0 Å². The van der Waals surface area contributed by atoms with Crippen molar-refractivity contribution in [1.82, 2.24) is 9.55 Å². The number of benzene rings is 6. The van der Waals surface area contributed by atoms with E-state index in [2.05, 4.69) is 41.0 Å². The number of fused-ring (bicyclic) bond motifs is 4. The predicted molar refractivity (Wildman–Crippen MR) is 174 cm³/mol. The lowest BCUT2D eigenvalue weighted by Crippen LogP contribution is -2.01. The zero-order valence-corrected chi connectivity index (χ0v) is 23.4. The Labute approximate surface area is 253 Å². The Hall–Kier alpha value is -6.43. The van der Waals surface area contributed by atoms with E-state index in [0.717, 1.165) is 66.5 Å². The highest BCUT2D eigenvalue weighted by Gasteiger charge is 2.24. The third-order valence-electron chi connectivity index (χ3n) is 8.14. The molecule has 0 aliphatic rings. The largest absolute Gasteiger partial charge is 0.456 e. The number of furan rings is 1. The molecule has 0 spiro atoms. The first-order valence-electron chi connectivity index (χ1n) is 14.3.